The molecule has 0 spiro atoms. The Hall–Kier alpha value is -1.29. The van der Waals surface area contributed by atoms with Crippen molar-refractivity contribution < 1.29 is 14.6 Å². The summed E-state index contributed by atoms with van der Waals surface area (Å²) in [6, 6.07) is 0. The maximum atomic E-state index is 11.3. The number of hydrogen-bond donors (Lipinski definition) is 2. The molecule has 0 radical (unpaired) electrons. The summed E-state index contributed by atoms with van der Waals surface area (Å²) < 4.78 is 7.04. The number of carbonyl (C=O) groups excluding carboxylic acids is 1. The average molecular weight is 484 g/mol. The number of aliphatic hydroxyl groups is 1. The molecule has 1 aliphatic heterocycles. The van der Waals surface area contributed by atoms with Crippen LogP contribution >= 0.6 is 0 Å². The van der Waals surface area contributed by atoms with Gasteiger partial charge in [-0.15, -0.1) is 0 Å². The zero-order valence-corrected chi connectivity index (χ0v) is 23.1. The minimum atomic E-state index is -0.130. The van der Waals surface area contributed by atoms with E-state index in [-0.39, 0.29) is 17.6 Å². The molecule has 0 aromatic carbocycles. The Labute approximate surface area is 213 Å². The van der Waals surface area contributed by atoms with Crippen molar-refractivity contribution in [3.63, 3.8) is 0 Å². The summed E-state index contributed by atoms with van der Waals surface area (Å²) >= 11 is 0. The van der Waals surface area contributed by atoms with Crippen molar-refractivity contribution in [3.8, 4) is 0 Å². The van der Waals surface area contributed by atoms with Gasteiger partial charge in [0.2, 0.25) is 5.91 Å². The molecule has 4 nitrogen and oxygen atoms in total. The molecule has 0 aromatic heterocycles. The van der Waals surface area contributed by atoms with Crippen molar-refractivity contribution in [1.29, 1.82) is 0 Å². The highest BCUT2D eigenvalue weighted by Crippen LogP contribution is 2.72. The third kappa shape index (κ3) is 3.92. The maximum Gasteiger partial charge on any atom is 0.216 e. The van der Waals surface area contributed by atoms with Gasteiger partial charge in [-0.2, -0.15) is 0 Å². The largest absolute Gasteiger partial charge is 0.491 e. The van der Waals surface area contributed by atoms with Crippen LogP contribution in [0.3, 0.4) is 0 Å². The van der Waals surface area contributed by atoms with Crippen LogP contribution in [0.4, 0.5) is 0 Å². The average Bonchev–Trinajstić information content (AvgIpc) is 3.25. The Morgan fingerprint density at radius 3 is 2.74 bits per heavy atom. The molecule has 9 atom stereocenters. The number of rotatable bonds is 6. The summed E-state index contributed by atoms with van der Waals surface area (Å²) in [7, 11) is 0. The fourth-order valence-corrected chi connectivity index (χ4v) is 9.77. The van der Waals surface area contributed by atoms with Crippen molar-refractivity contribution in [2.45, 2.75) is 117 Å². The van der Waals surface area contributed by atoms with Gasteiger partial charge in [0.1, 0.15) is 5.60 Å². The zero-order valence-electron chi connectivity index (χ0n) is 23.1. The van der Waals surface area contributed by atoms with Gasteiger partial charge in [-0.25, -0.2) is 0 Å². The van der Waals surface area contributed by atoms with Crippen LogP contribution < -0.4 is 5.32 Å². The molecular formula is C31H49NO3. The molecule has 5 aliphatic rings. The van der Waals surface area contributed by atoms with E-state index in [9.17, 15) is 9.90 Å². The minimum Gasteiger partial charge on any atom is -0.491 e. The van der Waals surface area contributed by atoms with Crippen LogP contribution in [0.5, 0.6) is 0 Å². The molecule has 0 bridgehead atoms. The van der Waals surface area contributed by atoms with Crippen LogP contribution in [-0.4, -0.2) is 29.3 Å². The van der Waals surface area contributed by atoms with Gasteiger partial charge in [0, 0.05) is 25.8 Å². The Morgan fingerprint density at radius 2 is 2.03 bits per heavy atom. The smallest absolute Gasteiger partial charge is 0.216 e. The van der Waals surface area contributed by atoms with E-state index in [1.165, 1.54) is 37.0 Å². The highest BCUT2D eigenvalue weighted by Gasteiger charge is 2.68. The van der Waals surface area contributed by atoms with Crippen LogP contribution in [0.15, 0.2) is 23.0 Å². The Bertz CT molecular complexity index is 922. The van der Waals surface area contributed by atoms with E-state index in [1.807, 2.05) is 0 Å². The van der Waals surface area contributed by atoms with E-state index in [4.69, 9.17) is 4.74 Å². The van der Waals surface area contributed by atoms with Crippen LogP contribution in [0.1, 0.15) is 106 Å². The summed E-state index contributed by atoms with van der Waals surface area (Å²) in [6.45, 7) is 14.4. The number of fused-ring (bicyclic) bond motifs is 7. The lowest BCUT2D eigenvalue weighted by Gasteiger charge is -2.57. The Morgan fingerprint density at radius 1 is 1.26 bits per heavy atom. The molecule has 0 aromatic rings. The standard InChI is InChI=1S/C31H49NO3/c1-7-31-17-26-24-10-9-22-16-23(34)12-14-29(22,5)25(24)13-15-30(26,6)28(31)20(3)27(35-31)11-8-19(2)18-32-21(4)33/h9,19,23-26,28,34H,7-8,10-18H2,1-6H3,(H,32,33)/t19-,23+,24+,25-,26-,28+,29+,30+,31+/m1/s1. The lowest BCUT2D eigenvalue weighted by atomic mass is 9.47. The predicted molar refractivity (Wildman–Crippen MR) is 140 cm³/mol. The fourth-order valence-electron chi connectivity index (χ4n) is 9.77. The molecule has 4 heteroatoms. The lowest BCUT2D eigenvalue weighted by Crippen LogP contribution is -2.50. The molecule has 4 aliphatic carbocycles. The van der Waals surface area contributed by atoms with Crippen LogP contribution in [0.2, 0.25) is 0 Å². The first-order valence-electron chi connectivity index (χ1n) is 14.5. The van der Waals surface area contributed by atoms with E-state index in [0.29, 0.717) is 22.7 Å². The van der Waals surface area contributed by atoms with E-state index < -0.39 is 0 Å². The molecule has 196 valence electrons. The van der Waals surface area contributed by atoms with Crippen molar-refractivity contribution in [3.05, 3.63) is 23.0 Å². The molecule has 3 fully saturated rings. The Kier molecular flexibility index (Phi) is 6.47. The maximum absolute atomic E-state index is 11.3. The van der Waals surface area contributed by atoms with Crippen LogP contribution in [0, 0.1) is 40.4 Å². The molecule has 2 N–H and O–H groups in total. The van der Waals surface area contributed by atoms with Crippen LogP contribution in [-0.2, 0) is 9.53 Å². The number of amides is 1. The van der Waals surface area contributed by atoms with Crippen molar-refractivity contribution in [2.24, 2.45) is 40.4 Å². The van der Waals surface area contributed by atoms with Crippen molar-refractivity contribution >= 4 is 5.91 Å². The SMILES string of the molecule is CC[C@]12C[C@@H]3[C@H]4CC=C5C[C@@H](O)CC[C@]5(C)[C@@H]4CC[C@]3(C)[C@@H]1C(C)=C(CC[C@@H](C)CNC(C)=O)O2. The predicted octanol–water partition coefficient (Wildman–Crippen LogP) is 6.54. The van der Waals surface area contributed by atoms with Gasteiger partial charge in [-0.05, 0) is 105 Å². The number of ether oxygens (including phenoxy) is 1. The quantitative estimate of drug-likeness (QED) is 0.422. The molecule has 0 unspecified atom stereocenters. The first-order chi connectivity index (χ1) is 16.5. The number of allylic oxidation sites excluding steroid dienone is 2. The van der Waals surface area contributed by atoms with E-state index in [2.05, 4.69) is 46.0 Å². The van der Waals surface area contributed by atoms with Gasteiger partial charge in [0.05, 0.1) is 11.9 Å². The molecular weight excluding hydrogens is 434 g/mol. The summed E-state index contributed by atoms with van der Waals surface area (Å²) in [4.78, 5) is 11.3. The first-order valence-corrected chi connectivity index (χ1v) is 14.5. The zero-order chi connectivity index (χ0) is 25.2. The second kappa shape index (κ2) is 8.92. The highest BCUT2D eigenvalue weighted by molar-refractivity contribution is 5.72. The van der Waals surface area contributed by atoms with Gasteiger partial charge in [0.25, 0.3) is 0 Å². The molecule has 1 amide bonds. The van der Waals surface area contributed by atoms with Crippen molar-refractivity contribution in [1.82, 2.24) is 5.32 Å². The summed E-state index contributed by atoms with van der Waals surface area (Å²) in [6.07, 6.45) is 13.6. The topological polar surface area (TPSA) is 58.6 Å². The summed E-state index contributed by atoms with van der Waals surface area (Å²) in [5.41, 5.74) is 3.68. The summed E-state index contributed by atoms with van der Waals surface area (Å²) in [5, 5.41) is 13.3. The molecule has 3 saturated carbocycles. The number of carbonyl (C=O) groups is 1. The van der Waals surface area contributed by atoms with Crippen LogP contribution in [0.25, 0.3) is 0 Å². The normalized spacial score (nSPS) is 45.0. The van der Waals surface area contributed by atoms with Gasteiger partial charge >= 0.3 is 0 Å². The summed E-state index contributed by atoms with van der Waals surface area (Å²) in [5.74, 6) is 4.55. The molecule has 5 rings (SSSR count). The minimum absolute atomic E-state index is 0.0255. The van der Waals surface area contributed by atoms with E-state index in [1.54, 1.807) is 12.5 Å². The number of hydrogen-bond acceptors (Lipinski definition) is 3. The van der Waals surface area contributed by atoms with E-state index in [0.717, 1.165) is 62.8 Å². The first kappa shape index (κ1) is 25.4. The van der Waals surface area contributed by atoms with Gasteiger partial charge < -0.3 is 15.2 Å². The third-order valence-corrected chi connectivity index (χ3v) is 11.6. The molecule has 1 heterocycles. The third-order valence-electron chi connectivity index (χ3n) is 11.6. The molecule has 35 heavy (non-hydrogen) atoms. The second-order valence-electron chi connectivity index (χ2n) is 13.5. The van der Waals surface area contributed by atoms with Gasteiger partial charge in [-0.1, -0.05) is 39.3 Å². The van der Waals surface area contributed by atoms with Crippen molar-refractivity contribution in [2.75, 3.05) is 6.54 Å². The Balaban J connectivity index is 1.37. The molecule has 0 saturated heterocycles. The van der Waals surface area contributed by atoms with Gasteiger partial charge in [0.15, 0.2) is 0 Å². The second-order valence-corrected chi connectivity index (χ2v) is 13.5. The lowest BCUT2D eigenvalue weighted by molar-refractivity contribution is -0.119. The monoisotopic (exact) mass is 483 g/mol. The van der Waals surface area contributed by atoms with E-state index >= 15 is 0 Å². The number of aliphatic hydroxyl groups excluding tert-OH is 1. The van der Waals surface area contributed by atoms with Gasteiger partial charge in [-0.3, -0.25) is 4.79 Å². The highest BCUT2D eigenvalue weighted by atomic mass is 16.5. The number of nitrogens with one attached hydrogen (secondary N) is 1. The fraction of sp³-hybridized carbons (Fsp3) is 0.839.